The van der Waals surface area contributed by atoms with Crippen LogP contribution in [0.1, 0.15) is 37.8 Å². The molecular formula is C14H19ClO. The lowest BCUT2D eigenvalue weighted by molar-refractivity contribution is -0.117. The predicted octanol–water partition coefficient (Wildman–Crippen LogP) is 3.80. The summed E-state index contributed by atoms with van der Waals surface area (Å²) in [5, 5.41) is 0. The van der Waals surface area contributed by atoms with Crippen molar-refractivity contribution in [3.05, 3.63) is 35.4 Å². The molecule has 0 spiro atoms. The van der Waals surface area contributed by atoms with Gasteiger partial charge in [-0.2, -0.15) is 0 Å². The zero-order valence-corrected chi connectivity index (χ0v) is 10.9. The Labute approximate surface area is 103 Å². The van der Waals surface area contributed by atoms with E-state index in [4.69, 9.17) is 11.6 Å². The van der Waals surface area contributed by atoms with E-state index in [-0.39, 0.29) is 17.6 Å². The van der Waals surface area contributed by atoms with Crippen molar-refractivity contribution in [3.8, 4) is 0 Å². The van der Waals surface area contributed by atoms with Crippen molar-refractivity contribution < 1.29 is 4.79 Å². The fourth-order valence-electron chi connectivity index (χ4n) is 1.72. The van der Waals surface area contributed by atoms with E-state index in [0.29, 0.717) is 5.92 Å². The van der Waals surface area contributed by atoms with Gasteiger partial charge in [-0.25, -0.2) is 0 Å². The average Bonchev–Trinajstić information content (AvgIpc) is 2.27. The van der Waals surface area contributed by atoms with Crippen LogP contribution in [0.15, 0.2) is 24.3 Å². The van der Waals surface area contributed by atoms with Crippen LogP contribution < -0.4 is 0 Å². The summed E-state index contributed by atoms with van der Waals surface area (Å²) in [4.78, 5) is 11.4. The molecule has 0 N–H and O–H groups in total. The van der Waals surface area contributed by atoms with Gasteiger partial charge in [-0.15, -0.1) is 11.6 Å². The highest BCUT2D eigenvalue weighted by molar-refractivity contribution is 6.28. The monoisotopic (exact) mass is 238 g/mol. The maximum atomic E-state index is 11.4. The lowest BCUT2D eigenvalue weighted by Crippen LogP contribution is -2.10. The molecule has 0 amide bonds. The van der Waals surface area contributed by atoms with Crippen LogP contribution in [0.25, 0.3) is 0 Å². The lowest BCUT2D eigenvalue weighted by atomic mass is 9.95. The summed E-state index contributed by atoms with van der Waals surface area (Å²) in [6.07, 6.45) is 1.08. The second-order valence-corrected chi connectivity index (χ2v) is 4.93. The minimum atomic E-state index is -0.0920. The molecule has 0 aliphatic rings. The number of carbonyl (C=O) groups is 1. The van der Waals surface area contributed by atoms with Gasteiger partial charge in [-0.1, -0.05) is 45.0 Å². The van der Waals surface area contributed by atoms with Crippen molar-refractivity contribution in [2.75, 3.05) is 5.88 Å². The van der Waals surface area contributed by atoms with Crippen LogP contribution in [-0.2, 0) is 11.2 Å². The SMILES string of the molecule is CC(C)Cc1ccc(C(C)C(=O)CCl)cc1. The highest BCUT2D eigenvalue weighted by Crippen LogP contribution is 2.18. The van der Waals surface area contributed by atoms with Crippen LogP contribution >= 0.6 is 11.6 Å². The van der Waals surface area contributed by atoms with Gasteiger partial charge in [0.1, 0.15) is 0 Å². The zero-order valence-electron chi connectivity index (χ0n) is 10.2. The first kappa shape index (κ1) is 13.2. The van der Waals surface area contributed by atoms with E-state index in [9.17, 15) is 4.79 Å². The maximum absolute atomic E-state index is 11.4. The first-order chi connectivity index (χ1) is 7.54. The minimum Gasteiger partial charge on any atom is -0.298 e. The lowest BCUT2D eigenvalue weighted by Gasteiger charge is -2.10. The highest BCUT2D eigenvalue weighted by atomic mass is 35.5. The number of hydrogen-bond donors (Lipinski definition) is 0. The minimum absolute atomic E-state index is 0.0817. The third kappa shape index (κ3) is 3.64. The normalized spacial score (nSPS) is 12.8. The Morgan fingerprint density at radius 3 is 2.19 bits per heavy atom. The quantitative estimate of drug-likeness (QED) is 0.714. The van der Waals surface area contributed by atoms with Gasteiger partial charge in [-0.3, -0.25) is 4.79 Å². The fourth-order valence-corrected chi connectivity index (χ4v) is 1.95. The number of hydrogen-bond acceptors (Lipinski definition) is 1. The molecule has 0 aliphatic carbocycles. The third-order valence-electron chi connectivity index (χ3n) is 2.74. The number of rotatable bonds is 5. The molecule has 0 saturated carbocycles. The molecule has 1 aromatic carbocycles. The predicted molar refractivity (Wildman–Crippen MR) is 69.1 cm³/mol. The largest absolute Gasteiger partial charge is 0.298 e. The average molecular weight is 239 g/mol. The Bertz CT molecular complexity index is 340. The summed E-state index contributed by atoms with van der Waals surface area (Å²) < 4.78 is 0. The number of carbonyl (C=O) groups excluding carboxylic acids is 1. The Hall–Kier alpha value is -0.820. The summed E-state index contributed by atoms with van der Waals surface area (Å²) in [5.74, 6) is 0.742. The first-order valence-electron chi connectivity index (χ1n) is 5.72. The molecule has 0 fully saturated rings. The van der Waals surface area contributed by atoms with Crippen molar-refractivity contribution in [1.82, 2.24) is 0 Å². The molecule has 1 atom stereocenters. The van der Waals surface area contributed by atoms with Crippen LogP contribution in [0.5, 0.6) is 0 Å². The Kier molecular flexibility index (Phi) is 5.01. The summed E-state index contributed by atoms with van der Waals surface area (Å²) >= 11 is 5.55. The van der Waals surface area contributed by atoms with Gasteiger partial charge < -0.3 is 0 Å². The number of ketones is 1. The van der Waals surface area contributed by atoms with Crippen LogP contribution in [0.3, 0.4) is 0 Å². The molecule has 16 heavy (non-hydrogen) atoms. The summed E-state index contributed by atoms with van der Waals surface area (Å²) in [7, 11) is 0. The number of halogens is 1. The smallest absolute Gasteiger partial charge is 0.154 e. The molecule has 0 aromatic heterocycles. The van der Waals surface area contributed by atoms with Gasteiger partial charge in [0, 0.05) is 5.92 Å². The molecule has 0 aliphatic heterocycles. The Morgan fingerprint density at radius 2 is 1.75 bits per heavy atom. The Morgan fingerprint density at radius 1 is 1.19 bits per heavy atom. The van der Waals surface area contributed by atoms with E-state index in [1.165, 1.54) is 5.56 Å². The second-order valence-electron chi connectivity index (χ2n) is 4.66. The molecule has 1 rings (SSSR count). The van der Waals surface area contributed by atoms with Crippen molar-refractivity contribution in [2.24, 2.45) is 5.92 Å². The molecular weight excluding hydrogens is 220 g/mol. The Balaban J connectivity index is 2.74. The van der Waals surface area contributed by atoms with E-state index in [1.54, 1.807) is 0 Å². The molecule has 1 aromatic rings. The van der Waals surface area contributed by atoms with Crippen molar-refractivity contribution in [1.29, 1.82) is 0 Å². The molecule has 1 nitrogen and oxygen atoms in total. The van der Waals surface area contributed by atoms with E-state index in [1.807, 2.05) is 19.1 Å². The maximum Gasteiger partial charge on any atom is 0.154 e. The summed E-state index contributed by atoms with van der Waals surface area (Å²) in [6.45, 7) is 6.31. The third-order valence-corrected chi connectivity index (χ3v) is 3.00. The van der Waals surface area contributed by atoms with Crippen LogP contribution in [-0.4, -0.2) is 11.7 Å². The fraction of sp³-hybridized carbons (Fsp3) is 0.500. The number of Topliss-reactive ketones (excluding diaryl/α,β-unsaturated/α-hetero) is 1. The van der Waals surface area contributed by atoms with Crippen molar-refractivity contribution >= 4 is 17.4 Å². The van der Waals surface area contributed by atoms with Crippen LogP contribution in [0.4, 0.5) is 0 Å². The molecule has 0 saturated heterocycles. The van der Waals surface area contributed by atoms with Gasteiger partial charge in [0.15, 0.2) is 5.78 Å². The van der Waals surface area contributed by atoms with Gasteiger partial charge in [0.25, 0.3) is 0 Å². The highest BCUT2D eigenvalue weighted by Gasteiger charge is 2.13. The summed E-state index contributed by atoms with van der Waals surface area (Å²) in [6, 6.07) is 8.28. The van der Waals surface area contributed by atoms with Gasteiger partial charge in [-0.05, 0) is 23.5 Å². The van der Waals surface area contributed by atoms with Crippen molar-refractivity contribution in [2.45, 2.75) is 33.1 Å². The van der Waals surface area contributed by atoms with E-state index >= 15 is 0 Å². The standard InChI is InChI=1S/C14H19ClO/c1-10(2)8-12-4-6-13(7-5-12)11(3)14(16)9-15/h4-7,10-11H,8-9H2,1-3H3. The molecule has 1 unspecified atom stereocenters. The van der Waals surface area contributed by atoms with Crippen LogP contribution in [0.2, 0.25) is 0 Å². The molecule has 0 heterocycles. The molecule has 0 radical (unpaired) electrons. The molecule has 2 heteroatoms. The van der Waals surface area contributed by atoms with Gasteiger partial charge >= 0.3 is 0 Å². The number of benzene rings is 1. The summed E-state index contributed by atoms with van der Waals surface area (Å²) in [5.41, 5.74) is 2.38. The molecule has 0 bridgehead atoms. The van der Waals surface area contributed by atoms with Crippen molar-refractivity contribution in [3.63, 3.8) is 0 Å². The van der Waals surface area contributed by atoms with Gasteiger partial charge in [0.05, 0.1) is 5.88 Å². The van der Waals surface area contributed by atoms with E-state index in [0.717, 1.165) is 12.0 Å². The van der Waals surface area contributed by atoms with Crippen LogP contribution in [0, 0.1) is 5.92 Å². The van der Waals surface area contributed by atoms with E-state index in [2.05, 4.69) is 26.0 Å². The topological polar surface area (TPSA) is 17.1 Å². The number of alkyl halides is 1. The van der Waals surface area contributed by atoms with E-state index < -0.39 is 0 Å². The molecule has 88 valence electrons. The zero-order chi connectivity index (χ0) is 12.1. The van der Waals surface area contributed by atoms with Gasteiger partial charge in [0.2, 0.25) is 0 Å². The first-order valence-corrected chi connectivity index (χ1v) is 6.25. The second kappa shape index (κ2) is 6.05.